The summed E-state index contributed by atoms with van der Waals surface area (Å²) in [5.74, 6) is 0.854. The van der Waals surface area contributed by atoms with Gasteiger partial charge in [0.15, 0.2) is 12.9 Å². The number of hydrogen-bond donors (Lipinski definition) is 0. The molecule has 0 fully saturated rings. The molecule has 0 aliphatic rings. The summed E-state index contributed by atoms with van der Waals surface area (Å²) < 4.78 is 10.5. The van der Waals surface area contributed by atoms with Crippen molar-refractivity contribution in [2.24, 2.45) is 0 Å². The van der Waals surface area contributed by atoms with Crippen molar-refractivity contribution in [1.29, 1.82) is 0 Å². The average Bonchev–Trinajstić information content (AvgIpc) is 3.09. The maximum absolute atomic E-state index is 11.0. The van der Waals surface area contributed by atoms with E-state index in [0.717, 1.165) is 11.6 Å². The zero-order chi connectivity index (χ0) is 16.9. The first-order chi connectivity index (χ1) is 11.7. The van der Waals surface area contributed by atoms with Crippen molar-refractivity contribution in [2.75, 3.05) is 0 Å². The number of hydrogen-bond acceptors (Lipinski definition) is 7. The second-order valence-corrected chi connectivity index (χ2v) is 4.76. The van der Waals surface area contributed by atoms with Gasteiger partial charge in [-0.25, -0.2) is 0 Å². The third-order valence-electron chi connectivity index (χ3n) is 3.18. The minimum atomic E-state index is -0.582. The number of rotatable bonds is 6. The maximum atomic E-state index is 11.0. The number of benzene rings is 2. The first-order valence-corrected chi connectivity index (χ1v) is 6.92. The molecule has 0 aliphatic carbocycles. The second kappa shape index (κ2) is 6.69. The predicted octanol–water partition coefficient (Wildman–Crippen LogP) is 3.04. The van der Waals surface area contributed by atoms with Crippen LogP contribution in [0.5, 0.6) is 5.75 Å². The molecule has 1 heterocycles. The standard InChI is InChI=1S/C16H11N3O5/c20-9-12-8-13(19(21)22)6-7-14(12)23-10-15-17-16(18-24-15)11-4-2-1-3-5-11/h1-9H,10H2. The Kier molecular flexibility index (Phi) is 4.28. The van der Waals surface area contributed by atoms with Crippen LogP contribution in [0.4, 0.5) is 5.69 Å². The van der Waals surface area contributed by atoms with Gasteiger partial charge < -0.3 is 9.26 Å². The molecular weight excluding hydrogens is 314 g/mol. The highest BCUT2D eigenvalue weighted by atomic mass is 16.6. The molecule has 0 bridgehead atoms. The van der Waals surface area contributed by atoms with Crippen molar-refractivity contribution in [2.45, 2.75) is 6.61 Å². The molecule has 3 rings (SSSR count). The van der Waals surface area contributed by atoms with Crippen molar-refractivity contribution in [3.8, 4) is 17.1 Å². The van der Waals surface area contributed by atoms with Crippen LogP contribution in [0.25, 0.3) is 11.4 Å². The highest BCUT2D eigenvalue weighted by molar-refractivity contribution is 5.80. The molecule has 0 saturated heterocycles. The van der Waals surface area contributed by atoms with Gasteiger partial charge in [-0.1, -0.05) is 35.5 Å². The number of ether oxygens (including phenoxy) is 1. The Bertz CT molecular complexity index is 876. The normalized spacial score (nSPS) is 10.3. The first-order valence-electron chi connectivity index (χ1n) is 6.92. The minimum absolute atomic E-state index is 0.0571. The number of aromatic nitrogens is 2. The fourth-order valence-electron chi connectivity index (χ4n) is 2.03. The molecule has 24 heavy (non-hydrogen) atoms. The van der Waals surface area contributed by atoms with Gasteiger partial charge in [0.05, 0.1) is 10.5 Å². The molecule has 0 spiro atoms. The second-order valence-electron chi connectivity index (χ2n) is 4.76. The van der Waals surface area contributed by atoms with Crippen LogP contribution in [0.15, 0.2) is 53.1 Å². The van der Waals surface area contributed by atoms with Gasteiger partial charge in [-0.05, 0) is 6.07 Å². The molecule has 0 atom stereocenters. The van der Waals surface area contributed by atoms with Crippen molar-refractivity contribution in [3.05, 3.63) is 70.1 Å². The van der Waals surface area contributed by atoms with Crippen molar-refractivity contribution < 1.29 is 19.0 Å². The van der Waals surface area contributed by atoms with E-state index in [1.54, 1.807) is 0 Å². The lowest BCUT2D eigenvalue weighted by molar-refractivity contribution is -0.384. The summed E-state index contributed by atoms with van der Waals surface area (Å²) in [5.41, 5.74) is 0.692. The predicted molar refractivity (Wildman–Crippen MR) is 82.5 cm³/mol. The van der Waals surface area contributed by atoms with E-state index in [0.29, 0.717) is 12.1 Å². The number of non-ortho nitro benzene ring substituents is 1. The Hall–Kier alpha value is -3.55. The average molecular weight is 325 g/mol. The molecule has 2 aromatic carbocycles. The Labute approximate surface area is 135 Å². The van der Waals surface area contributed by atoms with E-state index in [4.69, 9.17) is 9.26 Å². The lowest BCUT2D eigenvalue weighted by atomic mass is 10.2. The van der Waals surface area contributed by atoms with E-state index in [2.05, 4.69) is 10.1 Å². The Morgan fingerprint density at radius 2 is 2.00 bits per heavy atom. The van der Waals surface area contributed by atoms with Crippen LogP contribution in [0.2, 0.25) is 0 Å². The van der Waals surface area contributed by atoms with E-state index < -0.39 is 4.92 Å². The lowest BCUT2D eigenvalue weighted by Gasteiger charge is -2.05. The van der Waals surface area contributed by atoms with Crippen molar-refractivity contribution >= 4 is 12.0 Å². The molecule has 0 unspecified atom stereocenters. The molecule has 120 valence electrons. The van der Waals surface area contributed by atoms with E-state index in [1.165, 1.54) is 12.1 Å². The molecule has 8 heteroatoms. The largest absolute Gasteiger partial charge is 0.483 e. The van der Waals surface area contributed by atoms with E-state index in [-0.39, 0.29) is 29.5 Å². The summed E-state index contributed by atoms with van der Waals surface area (Å²) in [6, 6.07) is 13.0. The van der Waals surface area contributed by atoms with Gasteiger partial charge in [0.25, 0.3) is 11.6 Å². The van der Waals surface area contributed by atoms with Crippen LogP contribution >= 0.6 is 0 Å². The number of aldehydes is 1. The summed E-state index contributed by atoms with van der Waals surface area (Å²) in [6.07, 6.45) is 0.492. The zero-order valence-electron chi connectivity index (χ0n) is 12.3. The van der Waals surface area contributed by atoms with Gasteiger partial charge in [-0.2, -0.15) is 4.98 Å². The molecular formula is C16H11N3O5. The Morgan fingerprint density at radius 1 is 1.21 bits per heavy atom. The zero-order valence-corrected chi connectivity index (χ0v) is 12.3. The highest BCUT2D eigenvalue weighted by Gasteiger charge is 2.13. The number of carbonyl (C=O) groups excluding carboxylic acids is 1. The number of nitrogens with zero attached hydrogens (tertiary/aromatic N) is 3. The van der Waals surface area contributed by atoms with Crippen LogP contribution < -0.4 is 4.74 Å². The quantitative estimate of drug-likeness (QED) is 0.389. The highest BCUT2D eigenvalue weighted by Crippen LogP contribution is 2.24. The van der Waals surface area contributed by atoms with Crippen LogP contribution in [0, 0.1) is 10.1 Å². The fourth-order valence-corrected chi connectivity index (χ4v) is 2.03. The summed E-state index contributed by atoms with van der Waals surface area (Å²) in [7, 11) is 0. The number of carbonyl (C=O) groups is 1. The van der Waals surface area contributed by atoms with Gasteiger partial charge in [-0.3, -0.25) is 14.9 Å². The smallest absolute Gasteiger partial charge is 0.270 e. The fraction of sp³-hybridized carbons (Fsp3) is 0.0625. The van der Waals surface area contributed by atoms with Crippen LogP contribution in [0.3, 0.4) is 0 Å². The van der Waals surface area contributed by atoms with Crippen LogP contribution in [-0.2, 0) is 6.61 Å². The molecule has 0 saturated carbocycles. The molecule has 8 nitrogen and oxygen atoms in total. The Morgan fingerprint density at radius 3 is 2.71 bits per heavy atom. The third-order valence-corrected chi connectivity index (χ3v) is 3.18. The lowest BCUT2D eigenvalue weighted by Crippen LogP contribution is -1.99. The van der Waals surface area contributed by atoms with Gasteiger partial charge >= 0.3 is 0 Å². The summed E-state index contributed by atoms with van der Waals surface area (Å²) in [4.78, 5) is 25.4. The molecule has 0 N–H and O–H groups in total. The monoisotopic (exact) mass is 325 g/mol. The third kappa shape index (κ3) is 3.27. The molecule has 0 radical (unpaired) electrons. The summed E-state index contributed by atoms with van der Waals surface area (Å²) >= 11 is 0. The minimum Gasteiger partial charge on any atom is -0.483 e. The molecule has 0 amide bonds. The van der Waals surface area contributed by atoms with Gasteiger partial charge in [-0.15, -0.1) is 0 Å². The van der Waals surface area contributed by atoms with Gasteiger partial charge in [0, 0.05) is 17.7 Å². The molecule has 1 aromatic heterocycles. The number of nitro groups is 1. The van der Waals surface area contributed by atoms with Gasteiger partial charge in [0.2, 0.25) is 5.82 Å². The Balaban J connectivity index is 1.73. The SMILES string of the molecule is O=Cc1cc([N+](=O)[O-])ccc1OCc1nc(-c2ccccc2)no1. The number of nitro benzene ring substituents is 1. The summed E-state index contributed by atoms with van der Waals surface area (Å²) in [6.45, 7) is -0.0571. The van der Waals surface area contributed by atoms with Crippen LogP contribution in [0.1, 0.15) is 16.2 Å². The first kappa shape index (κ1) is 15.3. The van der Waals surface area contributed by atoms with E-state index >= 15 is 0 Å². The van der Waals surface area contributed by atoms with Crippen molar-refractivity contribution in [1.82, 2.24) is 10.1 Å². The molecule has 0 aliphatic heterocycles. The van der Waals surface area contributed by atoms with Crippen molar-refractivity contribution in [3.63, 3.8) is 0 Å². The molecule has 3 aromatic rings. The summed E-state index contributed by atoms with van der Waals surface area (Å²) in [5, 5.41) is 14.6. The van der Waals surface area contributed by atoms with E-state index in [1.807, 2.05) is 30.3 Å². The van der Waals surface area contributed by atoms with Crippen LogP contribution in [-0.4, -0.2) is 21.4 Å². The van der Waals surface area contributed by atoms with Gasteiger partial charge in [0.1, 0.15) is 5.75 Å². The van der Waals surface area contributed by atoms with E-state index in [9.17, 15) is 14.9 Å². The topological polar surface area (TPSA) is 108 Å². The maximum Gasteiger partial charge on any atom is 0.270 e.